The first-order valence-corrected chi connectivity index (χ1v) is 6.82. The molecule has 0 radical (unpaired) electrons. The molecule has 0 fully saturated rings. The van der Waals surface area contributed by atoms with Gasteiger partial charge in [-0.15, -0.1) is 0 Å². The number of nitrogens with one attached hydrogen (secondary N) is 1. The van der Waals surface area contributed by atoms with Crippen molar-refractivity contribution in [1.29, 1.82) is 0 Å². The summed E-state index contributed by atoms with van der Waals surface area (Å²) in [5, 5.41) is 25.6. The molecule has 2 aromatic carbocycles. The summed E-state index contributed by atoms with van der Waals surface area (Å²) in [5.74, 6) is -2.20. The van der Waals surface area contributed by atoms with Crippen molar-refractivity contribution >= 4 is 17.6 Å². The average molecular weight is 313 g/mol. The van der Waals surface area contributed by atoms with Crippen LogP contribution in [0, 0.1) is 0 Å². The largest absolute Gasteiger partial charge is 0.480 e. The summed E-state index contributed by atoms with van der Waals surface area (Å²) in [6, 6.07) is 14.0. The number of anilines is 1. The smallest absolute Gasteiger partial charge is 0.335 e. The lowest BCUT2D eigenvalue weighted by atomic mass is 10.0. The second kappa shape index (κ2) is 7.69. The van der Waals surface area contributed by atoms with Gasteiger partial charge in [-0.25, -0.2) is 9.59 Å². The van der Waals surface area contributed by atoms with Crippen molar-refractivity contribution in [3.63, 3.8) is 0 Å². The molecule has 0 bridgehead atoms. The first-order chi connectivity index (χ1) is 11.1. The fourth-order valence-corrected chi connectivity index (χ4v) is 1.90. The quantitative estimate of drug-likeness (QED) is 0.537. The van der Waals surface area contributed by atoms with E-state index in [1.807, 2.05) is 18.2 Å². The molecule has 0 aromatic heterocycles. The van der Waals surface area contributed by atoms with Gasteiger partial charge >= 0.3 is 11.9 Å². The third-order valence-corrected chi connectivity index (χ3v) is 3.04. The van der Waals surface area contributed by atoms with Gasteiger partial charge in [0.15, 0.2) is 6.04 Å². The lowest BCUT2D eigenvalue weighted by molar-refractivity contribution is -0.138. The Morgan fingerprint density at radius 2 is 1.78 bits per heavy atom. The molecule has 2 aromatic rings. The van der Waals surface area contributed by atoms with Crippen molar-refractivity contribution < 1.29 is 19.8 Å². The van der Waals surface area contributed by atoms with E-state index >= 15 is 0 Å². The summed E-state index contributed by atoms with van der Waals surface area (Å²) in [7, 11) is 0. The summed E-state index contributed by atoms with van der Waals surface area (Å²) >= 11 is 0. The van der Waals surface area contributed by atoms with Crippen LogP contribution >= 0.6 is 0 Å². The van der Waals surface area contributed by atoms with Crippen molar-refractivity contribution in [2.75, 3.05) is 5.43 Å². The van der Waals surface area contributed by atoms with Crippen LogP contribution in [-0.4, -0.2) is 28.2 Å². The minimum atomic E-state index is -1.13. The Morgan fingerprint density at radius 1 is 1.04 bits per heavy atom. The van der Waals surface area contributed by atoms with Crippen LogP contribution in [0.1, 0.15) is 15.9 Å². The molecule has 0 aliphatic carbocycles. The Kier molecular flexibility index (Phi) is 5.40. The molecule has 1 unspecified atom stereocenters. The molecule has 0 heterocycles. The molecule has 0 amide bonds. The van der Waals surface area contributed by atoms with Gasteiger partial charge in [0.05, 0.1) is 11.3 Å². The summed E-state index contributed by atoms with van der Waals surface area (Å²) < 4.78 is 0. The fourth-order valence-electron chi connectivity index (χ4n) is 1.90. The Bertz CT molecular complexity index is 716. The average Bonchev–Trinajstić information content (AvgIpc) is 2.55. The van der Waals surface area contributed by atoms with E-state index in [2.05, 4.69) is 15.8 Å². The van der Waals surface area contributed by atoms with E-state index in [0.717, 1.165) is 0 Å². The van der Waals surface area contributed by atoms with Crippen LogP contribution < -0.4 is 5.43 Å². The van der Waals surface area contributed by atoms with Gasteiger partial charge < -0.3 is 10.2 Å². The third kappa shape index (κ3) is 4.92. The molecular weight excluding hydrogens is 298 g/mol. The zero-order valence-corrected chi connectivity index (χ0v) is 12.1. The molecule has 0 spiro atoms. The summed E-state index contributed by atoms with van der Waals surface area (Å²) in [5.41, 5.74) is 4.00. The molecule has 7 heteroatoms. The van der Waals surface area contributed by atoms with Gasteiger partial charge in [0.25, 0.3) is 0 Å². The Morgan fingerprint density at radius 3 is 2.43 bits per heavy atom. The van der Waals surface area contributed by atoms with E-state index in [9.17, 15) is 14.7 Å². The van der Waals surface area contributed by atoms with Crippen LogP contribution in [0.2, 0.25) is 0 Å². The van der Waals surface area contributed by atoms with Gasteiger partial charge in [0.1, 0.15) is 0 Å². The molecule has 23 heavy (non-hydrogen) atoms. The number of carbonyl (C=O) groups is 2. The number of carboxylic acid groups (broad SMARTS) is 2. The molecule has 0 saturated heterocycles. The van der Waals surface area contributed by atoms with E-state index in [0.29, 0.717) is 11.3 Å². The molecule has 3 N–H and O–H groups in total. The maximum Gasteiger partial charge on any atom is 0.335 e. The SMILES string of the molecule is O=C(O)c1cccc(CC(N=NNc2ccccc2)C(=O)O)c1. The van der Waals surface area contributed by atoms with E-state index in [4.69, 9.17) is 5.11 Å². The summed E-state index contributed by atoms with van der Waals surface area (Å²) in [6.45, 7) is 0. The molecule has 0 saturated carbocycles. The molecule has 118 valence electrons. The number of benzene rings is 2. The van der Waals surface area contributed by atoms with Crippen LogP contribution in [0.5, 0.6) is 0 Å². The molecule has 0 aliphatic rings. The number of hydrogen-bond donors (Lipinski definition) is 3. The standard InChI is InChI=1S/C16H15N3O4/c20-15(21)12-6-4-5-11(9-12)10-14(16(22)23)18-19-17-13-7-2-1-3-8-13/h1-9,14H,10H2,(H,17,18)(H,20,21)(H,22,23). The first kappa shape index (κ1) is 16.2. The van der Waals surface area contributed by atoms with Crippen LogP contribution in [0.4, 0.5) is 5.69 Å². The Labute approximate surface area is 132 Å². The van der Waals surface area contributed by atoms with Gasteiger partial charge in [-0.2, -0.15) is 5.11 Å². The van der Waals surface area contributed by atoms with Crippen molar-refractivity contribution in [2.45, 2.75) is 12.5 Å². The Hall–Kier alpha value is -3.22. The van der Waals surface area contributed by atoms with Gasteiger partial charge in [-0.1, -0.05) is 35.6 Å². The maximum atomic E-state index is 11.3. The molecule has 0 aliphatic heterocycles. The minimum absolute atomic E-state index is 0.0520. The van der Waals surface area contributed by atoms with E-state index in [1.165, 1.54) is 12.1 Å². The van der Waals surface area contributed by atoms with Crippen molar-refractivity contribution in [3.8, 4) is 0 Å². The zero-order chi connectivity index (χ0) is 16.7. The van der Waals surface area contributed by atoms with Crippen LogP contribution in [0.25, 0.3) is 0 Å². The topological polar surface area (TPSA) is 111 Å². The first-order valence-electron chi connectivity index (χ1n) is 6.82. The minimum Gasteiger partial charge on any atom is -0.480 e. The number of carboxylic acids is 2. The maximum absolute atomic E-state index is 11.3. The van der Waals surface area contributed by atoms with Crippen LogP contribution in [0.3, 0.4) is 0 Å². The fraction of sp³-hybridized carbons (Fsp3) is 0.125. The number of nitrogens with zero attached hydrogens (tertiary/aromatic N) is 2. The summed E-state index contributed by atoms with van der Waals surface area (Å²) in [4.78, 5) is 22.2. The van der Waals surface area contributed by atoms with Crippen LogP contribution in [-0.2, 0) is 11.2 Å². The van der Waals surface area contributed by atoms with E-state index in [1.54, 1.807) is 24.3 Å². The lowest BCUT2D eigenvalue weighted by Crippen LogP contribution is -2.20. The number of rotatable bonds is 7. The summed E-state index contributed by atoms with van der Waals surface area (Å²) in [6.07, 6.45) is 0.0520. The molecule has 7 nitrogen and oxygen atoms in total. The van der Waals surface area contributed by atoms with Crippen molar-refractivity contribution in [1.82, 2.24) is 0 Å². The highest BCUT2D eigenvalue weighted by Gasteiger charge is 2.18. The number of aromatic carboxylic acids is 1. The highest BCUT2D eigenvalue weighted by atomic mass is 16.4. The predicted octanol–water partition coefficient (Wildman–Crippen LogP) is 2.86. The second-order valence-corrected chi connectivity index (χ2v) is 4.76. The van der Waals surface area contributed by atoms with Gasteiger partial charge in [0, 0.05) is 6.42 Å². The molecule has 2 rings (SSSR count). The van der Waals surface area contributed by atoms with Gasteiger partial charge in [-0.3, -0.25) is 5.43 Å². The monoisotopic (exact) mass is 313 g/mol. The normalized spacial score (nSPS) is 12.0. The van der Waals surface area contributed by atoms with Crippen molar-refractivity contribution in [2.24, 2.45) is 10.3 Å². The van der Waals surface area contributed by atoms with Crippen LogP contribution in [0.15, 0.2) is 64.9 Å². The molecular formula is C16H15N3O4. The number of hydrogen-bond acceptors (Lipinski definition) is 4. The third-order valence-electron chi connectivity index (χ3n) is 3.04. The van der Waals surface area contributed by atoms with Gasteiger partial charge in [0.2, 0.25) is 0 Å². The second-order valence-electron chi connectivity index (χ2n) is 4.76. The zero-order valence-electron chi connectivity index (χ0n) is 12.1. The Balaban J connectivity index is 2.05. The van der Waals surface area contributed by atoms with E-state index in [-0.39, 0.29) is 12.0 Å². The van der Waals surface area contributed by atoms with Gasteiger partial charge in [-0.05, 0) is 29.8 Å². The van der Waals surface area contributed by atoms with E-state index < -0.39 is 18.0 Å². The predicted molar refractivity (Wildman–Crippen MR) is 83.4 cm³/mol. The van der Waals surface area contributed by atoms with Crippen molar-refractivity contribution in [3.05, 3.63) is 65.7 Å². The molecule has 1 atom stereocenters. The number of para-hydroxylation sites is 1. The highest BCUT2D eigenvalue weighted by Crippen LogP contribution is 2.11. The number of aliphatic carboxylic acids is 1. The highest BCUT2D eigenvalue weighted by molar-refractivity contribution is 5.87. The lowest BCUT2D eigenvalue weighted by Gasteiger charge is -2.07.